The zero-order valence-electron chi connectivity index (χ0n) is 15.6. The molecule has 3 rings (SSSR count). The maximum absolute atomic E-state index is 12.8. The maximum atomic E-state index is 12.8. The quantitative estimate of drug-likeness (QED) is 0.843. The van der Waals surface area contributed by atoms with Gasteiger partial charge in [-0.2, -0.15) is 5.10 Å². The summed E-state index contributed by atoms with van der Waals surface area (Å²) in [4.78, 5) is 17.0. The van der Waals surface area contributed by atoms with E-state index in [1.54, 1.807) is 0 Å². The minimum Gasteiger partial charge on any atom is -0.396 e. The van der Waals surface area contributed by atoms with Crippen LogP contribution < -0.4 is 0 Å². The number of aliphatic hydroxyl groups excluding tert-OH is 1. The number of likely N-dealkylation sites (N-methyl/N-ethyl adjacent to an activating group) is 1. The topological polar surface area (TPSA) is 72.5 Å². The monoisotopic (exact) mass is 348 g/mol. The number of aromatic amines is 1. The highest BCUT2D eigenvalue weighted by Gasteiger charge is 2.28. The van der Waals surface area contributed by atoms with Crippen LogP contribution in [0, 0.1) is 5.92 Å². The molecule has 1 aromatic heterocycles. The minimum absolute atomic E-state index is 0.163. The smallest absolute Gasteiger partial charge is 0.223 e. The van der Waals surface area contributed by atoms with Crippen molar-refractivity contribution in [2.45, 2.75) is 57.4 Å². The van der Waals surface area contributed by atoms with Crippen LogP contribution in [-0.2, 0) is 24.1 Å². The second-order valence-electron chi connectivity index (χ2n) is 7.88. The van der Waals surface area contributed by atoms with Gasteiger partial charge in [0.2, 0.25) is 5.91 Å². The van der Waals surface area contributed by atoms with Crippen LogP contribution >= 0.6 is 0 Å². The van der Waals surface area contributed by atoms with E-state index < -0.39 is 0 Å². The molecule has 2 heterocycles. The number of likely N-dealkylation sites (tertiary alicyclic amines) is 1. The first-order chi connectivity index (χ1) is 12.1. The number of hydrogen-bond acceptors (Lipinski definition) is 4. The second kappa shape index (κ2) is 8.32. The van der Waals surface area contributed by atoms with E-state index in [1.165, 1.54) is 24.1 Å². The average molecular weight is 348 g/mol. The summed E-state index contributed by atoms with van der Waals surface area (Å²) in [6, 6.07) is 0.374. The molecule has 1 fully saturated rings. The van der Waals surface area contributed by atoms with Crippen LogP contribution in [-0.4, -0.2) is 70.8 Å². The Kier molecular flexibility index (Phi) is 6.12. The first-order valence-electron chi connectivity index (χ1n) is 9.68. The largest absolute Gasteiger partial charge is 0.396 e. The van der Waals surface area contributed by atoms with Crippen LogP contribution in [0.25, 0.3) is 0 Å². The zero-order valence-corrected chi connectivity index (χ0v) is 15.6. The summed E-state index contributed by atoms with van der Waals surface area (Å²) in [5.74, 6) is 0.395. The van der Waals surface area contributed by atoms with Gasteiger partial charge in [0.05, 0.1) is 5.69 Å². The van der Waals surface area contributed by atoms with Gasteiger partial charge >= 0.3 is 0 Å². The number of nitrogens with one attached hydrogen (secondary N) is 1. The van der Waals surface area contributed by atoms with Crippen molar-refractivity contribution in [3.63, 3.8) is 0 Å². The Morgan fingerprint density at radius 3 is 2.84 bits per heavy atom. The summed E-state index contributed by atoms with van der Waals surface area (Å²) in [6.45, 7) is 1.61. The summed E-state index contributed by atoms with van der Waals surface area (Å²) in [5.41, 5.74) is 3.71. The molecule has 140 valence electrons. The molecule has 1 amide bonds. The molecule has 1 saturated heterocycles. The van der Waals surface area contributed by atoms with E-state index in [1.807, 2.05) is 4.90 Å². The number of fused-ring (bicyclic) bond motifs is 1. The Bertz CT molecular complexity index is 584. The summed E-state index contributed by atoms with van der Waals surface area (Å²) in [6.07, 6.45) is 7.88. The molecule has 1 aliphatic heterocycles. The highest BCUT2D eigenvalue weighted by Crippen LogP contribution is 2.24. The van der Waals surface area contributed by atoms with Crippen molar-refractivity contribution < 1.29 is 9.90 Å². The summed E-state index contributed by atoms with van der Waals surface area (Å²) in [7, 11) is 4.14. The highest BCUT2D eigenvalue weighted by molar-refractivity contribution is 5.76. The van der Waals surface area contributed by atoms with Gasteiger partial charge in [0, 0.05) is 44.3 Å². The van der Waals surface area contributed by atoms with Gasteiger partial charge in [-0.05, 0) is 64.1 Å². The van der Waals surface area contributed by atoms with Crippen LogP contribution in [0.4, 0.5) is 0 Å². The molecule has 1 aliphatic carbocycles. The number of H-pyrrole nitrogens is 1. The third kappa shape index (κ3) is 4.42. The second-order valence-corrected chi connectivity index (χ2v) is 7.88. The van der Waals surface area contributed by atoms with Gasteiger partial charge in [-0.1, -0.05) is 0 Å². The molecule has 2 N–H and O–H groups in total. The van der Waals surface area contributed by atoms with Crippen molar-refractivity contribution in [3.8, 4) is 0 Å². The number of carbonyl (C=O) groups is 1. The number of amides is 1. The number of aromatic nitrogens is 2. The molecular weight excluding hydrogens is 316 g/mol. The lowest BCUT2D eigenvalue weighted by Crippen LogP contribution is -2.42. The van der Waals surface area contributed by atoms with E-state index in [4.69, 9.17) is 0 Å². The summed E-state index contributed by atoms with van der Waals surface area (Å²) >= 11 is 0. The molecule has 0 radical (unpaired) electrons. The molecular formula is C19H32N4O2. The van der Waals surface area contributed by atoms with Gasteiger partial charge in [-0.25, -0.2) is 0 Å². The van der Waals surface area contributed by atoms with E-state index >= 15 is 0 Å². The van der Waals surface area contributed by atoms with Gasteiger partial charge in [0.25, 0.3) is 0 Å². The van der Waals surface area contributed by atoms with E-state index in [-0.39, 0.29) is 18.4 Å². The van der Waals surface area contributed by atoms with Crippen LogP contribution in [0.2, 0.25) is 0 Å². The Morgan fingerprint density at radius 2 is 2.08 bits per heavy atom. The van der Waals surface area contributed by atoms with Crippen LogP contribution in [0.15, 0.2) is 0 Å². The summed E-state index contributed by atoms with van der Waals surface area (Å²) < 4.78 is 0. The van der Waals surface area contributed by atoms with Gasteiger partial charge in [0.15, 0.2) is 0 Å². The highest BCUT2D eigenvalue weighted by atomic mass is 16.3. The minimum atomic E-state index is 0.163. The Labute approximate surface area is 150 Å². The fourth-order valence-corrected chi connectivity index (χ4v) is 4.17. The SMILES string of the molecule is CN(C)[C@@H]1CC[C@H](CO)CN(C(=O)CCc2n[nH]c3c2CCCC3)C1. The summed E-state index contributed by atoms with van der Waals surface area (Å²) in [5, 5.41) is 17.2. The number of hydrogen-bond donors (Lipinski definition) is 2. The third-order valence-electron chi connectivity index (χ3n) is 5.88. The molecule has 0 spiro atoms. The molecule has 0 saturated carbocycles. The fraction of sp³-hybridized carbons (Fsp3) is 0.789. The molecule has 6 nitrogen and oxygen atoms in total. The van der Waals surface area contributed by atoms with Crippen LogP contribution in [0.5, 0.6) is 0 Å². The lowest BCUT2D eigenvalue weighted by molar-refractivity contribution is -0.132. The number of nitrogens with zero attached hydrogens (tertiary/aromatic N) is 3. The molecule has 2 aliphatic rings. The molecule has 6 heteroatoms. The van der Waals surface area contributed by atoms with Crippen molar-refractivity contribution in [2.75, 3.05) is 33.8 Å². The maximum Gasteiger partial charge on any atom is 0.223 e. The van der Waals surface area contributed by atoms with E-state index in [0.29, 0.717) is 19.0 Å². The lowest BCUT2D eigenvalue weighted by Gasteiger charge is -2.29. The molecule has 25 heavy (non-hydrogen) atoms. The van der Waals surface area contributed by atoms with Crippen LogP contribution in [0.1, 0.15) is 49.1 Å². The molecule has 2 atom stereocenters. The van der Waals surface area contributed by atoms with E-state index in [2.05, 4.69) is 29.2 Å². The van der Waals surface area contributed by atoms with E-state index in [9.17, 15) is 9.90 Å². The number of carbonyl (C=O) groups excluding carboxylic acids is 1. The van der Waals surface area contributed by atoms with Crippen molar-refractivity contribution in [1.82, 2.24) is 20.0 Å². The van der Waals surface area contributed by atoms with Gasteiger partial charge < -0.3 is 14.9 Å². The number of aryl methyl sites for hydroxylation is 2. The van der Waals surface area contributed by atoms with Crippen molar-refractivity contribution in [2.24, 2.45) is 5.92 Å². The van der Waals surface area contributed by atoms with E-state index in [0.717, 1.165) is 44.3 Å². The molecule has 0 bridgehead atoms. The van der Waals surface area contributed by atoms with Crippen molar-refractivity contribution in [3.05, 3.63) is 17.0 Å². The fourth-order valence-electron chi connectivity index (χ4n) is 4.17. The van der Waals surface area contributed by atoms with Crippen molar-refractivity contribution in [1.29, 1.82) is 0 Å². The first-order valence-corrected chi connectivity index (χ1v) is 9.68. The Morgan fingerprint density at radius 1 is 1.28 bits per heavy atom. The molecule has 1 aromatic rings. The Balaban J connectivity index is 1.61. The van der Waals surface area contributed by atoms with Crippen molar-refractivity contribution >= 4 is 5.91 Å². The van der Waals surface area contributed by atoms with Gasteiger partial charge in [-0.15, -0.1) is 0 Å². The zero-order chi connectivity index (χ0) is 17.8. The predicted octanol–water partition coefficient (Wildman–Crippen LogP) is 1.38. The van der Waals surface area contributed by atoms with Gasteiger partial charge in [0.1, 0.15) is 0 Å². The average Bonchev–Trinajstić information content (AvgIpc) is 2.89. The molecule has 0 unspecified atom stereocenters. The Hall–Kier alpha value is -1.40. The molecule has 0 aromatic carbocycles. The standard InChI is InChI=1S/C19H32N4O2/c1-22(2)15-8-7-14(13-24)11-23(12-15)19(25)10-9-18-16-5-3-4-6-17(16)20-21-18/h14-15,24H,3-13H2,1-2H3,(H,20,21)/t14-,15+/m0/s1. The third-order valence-corrected chi connectivity index (χ3v) is 5.88. The predicted molar refractivity (Wildman–Crippen MR) is 97.4 cm³/mol. The number of aliphatic hydroxyl groups is 1. The number of rotatable bonds is 5. The van der Waals surface area contributed by atoms with Gasteiger partial charge in [-0.3, -0.25) is 9.89 Å². The lowest BCUT2D eigenvalue weighted by atomic mass is 9.94. The first kappa shape index (κ1) is 18.4. The normalized spacial score (nSPS) is 24.2. The van der Waals surface area contributed by atoms with Crippen LogP contribution in [0.3, 0.4) is 0 Å².